The average Bonchev–Trinajstić information content (AvgIpc) is 3.07. The van der Waals surface area contributed by atoms with E-state index >= 15 is 0 Å². The van der Waals surface area contributed by atoms with E-state index in [9.17, 15) is 18.7 Å². The van der Waals surface area contributed by atoms with Gasteiger partial charge in [0.25, 0.3) is 5.91 Å². The highest BCUT2D eigenvalue weighted by atomic mass is 19.1. The third kappa shape index (κ3) is 4.07. The predicted molar refractivity (Wildman–Crippen MR) is 95.3 cm³/mol. The van der Waals surface area contributed by atoms with Crippen molar-refractivity contribution in [3.05, 3.63) is 54.0 Å². The number of hydrogen-bond acceptors (Lipinski definition) is 5. The molecule has 0 aliphatic heterocycles. The summed E-state index contributed by atoms with van der Waals surface area (Å²) >= 11 is 0. The van der Waals surface area contributed by atoms with Crippen molar-refractivity contribution in [3.63, 3.8) is 0 Å². The lowest BCUT2D eigenvalue weighted by Crippen LogP contribution is -2.28. The number of amides is 1. The summed E-state index contributed by atoms with van der Waals surface area (Å²) in [5.74, 6) is -2.35. The van der Waals surface area contributed by atoms with E-state index in [-0.39, 0.29) is 34.7 Å². The van der Waals surface area contributed by atoms with Crippen LogP contribution in [0, 0.1) is 11.6 Å². The fraction of sp³-hybridized carbons (Fsp3) is 0.176. The van der Waals surface area contributed by atoms with Gasteiger partial charge in [-0.25, -0.2) is 19.2 Å². The van der Waals surface area contributed by atoms with Crippen LogP contribution in [-0.2, 0) is 4.84 Å². The molecule has 2 heterocycles. The van der Waals surface area contributed by atoms with Gasteiger partial charge in [-0.05, 0) is 19.1 Å². The van der Waals surface area contributed by atoms with E-state index in [0.717, 1.165) is 6.07 Å². The van der Waals surface area contributed by atoms with Gasteiger partial charge in [0.05, 0.1) is 23.0 Å². The van der Waals surface area contributed by atoms with E-state index < -0.39 is 23.6 Å². The highest BCUT2D eigenvalue weighted by Gasteiger charge is 2.21. The first kappa shape index (κ1) is 18.8. The van der Waals surface area contributed by atoms with Crippen LogP contribution in [0.4, 0.5) is 20.2 Å². The van der Waals surface area contributed by atoms with Crippen LogP contribution in [0.5, 0.6) is 0 Å². The van der Waals surface area contributed by atoms with Crippen LogP contribution in [0.2, 0.25) is 0 Å². The molecule has 3 N–H and O–H groups in total. The van der Waals surface area contributed by atoms with Gasteiger partial charge in [-0.3, -0.25) is 9.63 Å². The zero-order valence-corrected chi connectivity index (χ0v) is 14.2. The van der Waals surface area contributed by atoms with Gasteiger partial charge in [0.15, 0.2) is 11.5 Å². The lowest BCUT2D eigenvalue weighted by Gasteiger charge is -2.15. The monoisotopic (exact) mass is 372 g/mol. The zero-order chi connectivity index (χ0) is 19.6. The molecule has 2 aromatic heterocycles. The first-order valence-corrected chi connectivity index (χ1v) is 7.94. The minimum Gasteiger partial charge on any atom is -0.391 e. The van der Waals surface area contributed by atoms with Crippen molar-refractivity contribution in [2.75, 3.05) is 11.9 Å². The van der Waals surface area contributed by atoms with Crippen molar-refractivity contribution < 1.29 is 23.5 Å². The number of fused-ring (bicyclic) bond motifs is 1. The number of hydrogen-bond donors (Lipinski definition) is 3. The summed E-state index contributed by atoms with van der Waals surface area (Å²) < 4.78 is 30.3. The second kappa shape index (κ2) is 7.72. The molecule has 0 fully saturated rings. The number of aliphatic hydroxyl groups excluding tert-OH is 1. The third-order valence-electron chi connectivity index (χ3n) is 3.61. The third-order valence-corrected chi connectivity index (χ3v) is 3.61. The Morgan fingerprint density at radius 2 is 2.22 bits per heavy atom. The average molecular weight is 372 g/mol. The SMILES string of the molecule is [B]c1ccc(Nc2c(C(=O)NOC[C@@H](C)O)cn3ccnc3c2F)c(F)c1. The van der Waals surface area contributed by atoms with Crippen LogP contribution in [0.15, 0.2) is 36.8 Å². The maximum atomic E-state index is 14.9. The van der Waals surface area contributed by atoms with Crippen LogP contribution in [-0.4, -0.2) is 41.0 Å². The van der Waals surface area contributed by atoms with Crippen LogP contribution in [0.1, 0.15) is 17.3 Å². The number of hydroxylamine groups is 1. The Hall–Kier alpha value is -2.98. The minimum absolute atomic E-state index is 0.0465. The van der Waals surface area contributed by atoms with Gasteiger partial charge >= 0.3 is 0 Å². The number of benzene rings is 1. The number of aromatic nitrogens is 2. The first-order chi connectivity index (χ1) is 12.9. The van der Waals surface area contributed by atoms with Crippen LogP contribution < -0.4 is 16.3 Å². The summed E-state index contributed by atoms with van der Waals surface area (Å²) in [6, 6.07) is 3.83. The largest absolute Gasteiger partial charge is 0.391 e. The summed E-state index contributed by atoms with van der Waals surface area (Å²) in [5, 5.41) is 11.8. The Kier molecular flexibility index (Phi) is 5.38. The minimum atomic E-state index is -0.848. The summed E-state index contributed by atoms with van der Waals surface area (Å²) in [5.41, 5.74) is 1.76. The van der Waals surface area contributed by atoms with Gasteiger partial charge in [0, 0.05) is 18.6 Å². The number of carbonyl (C=O) groups is 1. The summed E-state index contributed by atoms with van der Waals surface area (Å²) in [6.45, 7) is 1.32. The molecule has 1 amide bonds. The highest BCUT2D eigenvalue weighted by molar-refractivity contribution is 6.32. The molecule has 0 bridgehead atoms. The Bertz CT molecular complexity index is 994. The molecule has 0 aliphatic carbocycles. The van der Waals surface area contributed by atoms with E-state index in [0.29, 0.717) is 0 Å². The van der Waals surface area contributed by atoms with Gasteiger partial charge in [0.2, 0.25) is 0 Å². The molecule has 3 aromatic rings. The van der Waals surface area contributed by atoms with Crippen molar-refractivity contribution in [2.24, 2.45) is 0 Å². The van der Waals surface area contributed by atoms with Gasteiger partial charge in [-0.1, -0.05) is 11.5 Å². The molecule has 0 saturated carbocycles. The second-order valence-electron chi connectivity index (χ2n) is 5.85. The fourth-order valence-electron chi connectivity index (χ4n) is 2.37. The standard InChI is InChI=1S/C17H15BF2N4O3/c1-9(25)8-27-23-17(26)11-7-24-5-4-21-16(24)14(20)15(11)22-13-3-2-10(18)6-12(13)19/h2-7,9,22,25H,8H2,1H3,(H,23,26)/t9-/m1/s1. The lowest BCUT2D eigenvalue weighted by molar-refractivity contribution is -0.00686. The number of aliphatic hydroxyl groups is 1. The lowest BCUT2D eigenvalue weighted by atomic mass is 9.96. The number of imidazole rings is 1. The molecule has 2 radical (unpaired) electrons. The highest BCUT2D eigenvalue weighted by Crippen LogP contribution is 2.28. The fourth-order valence-corrected chi connectivity index (χ4v) is 2.37. The van der Waals surface area contributed by atoms with E-state index in [1.807, 2.05) is 0 Å². The second-order valence-corrected chi connectivity index (χ2v) is 5.85. The number of nitrogens with zero attached hydrogens (tertiary/aromatic N) is 2. The predicted octanol–water partition coefficient (Wildman–Crippen LogP) is 1.19. The summed E-state index contributed by atoms with van der Waals surface area (Å²) in [6.07, 6.45) is 3.33. The number of rotatable bonds is 6. The van der Waals surface area contributed by atoms with Gasteiger partial charge in [-0.15, -0.1) is 0 Å². The molecule has 1 aromatic carbocycles. The molecule has 3 rings (SSSR count). The van der Waals surface area contributed by atoms with Crippen molar-refractivity contribution in [1.82, 2.24) is 14.9 Å². The number of carbonyl (C=O) groups excluding carboxylic acids is 1. The normalized spacial score (nSPS) is 12.1. The van der Waals surface area contributed by atoms with Crippen molar-refractivity contribution in [1.29, 1.82) is 0 Å². The van der Waals surface area contributed by atoms with Gasteiger partial charge < -0.3 is 14.8 Å². The van der Waals surface area contributed by atoms with Gasteiger partial charge in [-0.2, -0.15) is 0 Å². The molecule has 138 valence electrons. The quantitative estimate of drug-likeness (QED) is 0.447. The van der Waals surface area contributed by atoms with Crippen molar-refractivity contribution in [2.45, 2.75) is 13.0 Å². The molecule has 1 atom stereocenters. The smallest absolute Gasteiger partial charge is 0.278 e. The molecule has 10 heteroatoms. The maximum Gasteiger partial charge on any atom is 0.278 e. The van der Waals surface area contributed by atoms with E-state index in [2.05, 4.69) is 15.8 Å². The topological polar surface area (TPSA) is 87.9 Å². The van der Waals surface area contributed by atoms with E-state index in [4.69, 9.17) is 12.7 Å². The summed E-state index contributed by atoms with van der Waals surface area (Å²) in [7, 11) is 5.51. The molecular formula is C17H15BF2N4O3. The number of nitrogens with one attached hydrogen (secondary N) is 2. The van der Waals surface area contributed by atoms with Gasteiger partial charge in [0.1, 0.15) is 20.3 Å². The van der Waals surface area contributed by atoms with Crippen LogP contribution in [0.3, 0.4) is 0 Å². The molecule has 7 nitrogen and oxygen atoms in total. The molecule has 0 saturated heterocycles. The number of anilines is 2. The Morgan fingerprint density at radius 1 is 1.44 bits per heavy atom. The van der Waals surface area contributed by atoms with E-state index in [1.165, 1.54) is 42.0 Å². The molecular weight excluding hydrogens is 357 g/mol. The Balaban J connectivity index is 2.00. The first-order valence-electron chi connectivity index (χ1n) is 7.94. The Labute approximate surface area is 154 Å². The van der Waals surface area contributed by atoms with Crippen LogP contribution in [0.25, 0.3) is 5.65 Å². The molecule has 0 unspecified atom stereocenters. The zero-order valence-electron chi connectivity index (χ0n) is 14.2. The number of halogens is 2. The summed E-state index contributed by atoms with van der Waals surface area (Å²) in [4.78, 5) is 21.2. The maximum absolute atomic E-state index is 14.9. The molecule has 0 spiro atoms. The van der Waals surface area contributed by atoms with Crippen molar-refractivity contribution >= 4 is 36.2 Å². The van der Waals surface area contributed by atoms with E-state index in [1.54, 1.807) is 0 Å². The van der Waals surface area contributed by atoms with Crippen LogP contribution >= 0.6 is 0 Å². The Morgan fingerprint density at radius 3 is 2.93 bits per heavy atom. The van der Waals surface area contributed by atoms with Crippen molar-refractivity contribution in [3.8, 4) is 0 Å². The molecule has 27 heavy (non-hydrogen) atoms. The molecule has 0 aliphatic rings. The number of pyridine rings is 1.